The zero-order valence-electron chi connectivity index (χ0n) is 13.1. The molecule has 1 saturated carbocycles. The van der Waals surface area contributed by atoms with Gasteiger partial charge in [0.05, 0.1) is 24.6 Å². The van der Waals surface area contributed by atoms with Crippen molar-refractivity contribution in [3.05, 3.63) is 59.7 Å². The van der Waals surface area contributed by atoms with Crippen LogP contribution in [0.15, 0.2) is 48.5 Å². The molecule has 2 aliphatic heterocycles. The molecule has 2 aromatic rings. The van der Waals surface area contributed by atoms with Crippen molar-refractivity contribution in [2.24, 2.45) is 5.92 Å². The van der Waals surface area contributed by atoms with E-state index in [1.165, 1.54) is 7.11 Å². The van der Waals surface area contributed by atoms with Crippen molar-refractivity contribution in [2.45, 2.75) is 18.1 Å². The Balaban J connectivity index is 1.73. The molecule has 0 bridgehead atoms. The van der Waals surface area contributed by atoms with Gasteiger partial charge in [-0.2, -0.15) is 0 Å². The number of amides is 1. The van der Waals surface area contributed by atoms with Gasteiger partial charge in [0.25, 0.3) is 5.91 Å². The highest BCUT2D eigenvalue weighted by atomic mass is 16.5. The van der Waals surface area contributed by atoms with Crippen LogP contribution >= 0.6 is 0 Å². The molecule has 1 amide bonds. The summed E-state index contributed by atoms with van der Waals surface area (Å²) >= 11 is 0. The molecule has 0 saturated heterocycles. The summed E-state index contributed by atoms with van der Waals surface area (Å²) in [4.78, 5) is 27.1. The highest BCUT2D eigenvalue weighted by Crippen LogP contribution is 2.63. The highest BCUT2D eigenvalue weighted by molar-refractivity contribution is 6.12. The predicted octanol–water partition coefficient (Wildman–Crippen LogP) is 2.71. The lowest BCUT2D eigenvalue weighted by molar-refractivity contribution is -0.161. The first-order valence-electron chi connectivity index (χ1n) is 7.97. The van der Waals surface area contributed by atoms with Gasteiger partial charge < -0.3 is 9.47 Å². The van der Waals surface area contributed by atoms with Crippen molar-refractivity contribution in [1.29, 1.82) is 0 Å². The summed E-state index contributed by atoms with van der Waals surface area (Å²) < 4.78 is 11.2. The Morgan fingerprint density at radius 1 is 1.21 bits per heavy atom. The van der Waals surface area contributed by atoms with E-state index in [1.807, 2.05) is 48.5 Å². The van der Waals surface area contributed by atoms with E-state index in [1.54, 1.807) is 4.90 Å². The molecule has 0 N–H and O–H groups in total. The van der Waals surface area contributed by atoms with Crippen LogP contribution in [-0.4, -0.2) is 24.7 Å². The minimum Gasteiger partial charge on any atom is -0.469 e. The zero-order valence-corrected chi connectivity index (χ0v) is 13.1. The molecule has 2 aromatic carbocycles. The number of carbonyl (C=O) groups excluding carboxylic acids is 2. The number of anilines is 1. The van der Waals surface area contributed by atoms with Crippen LogP contribution in [0.3, 0.4) is 0 Å². The maximum absolute atomic E-state index is 13.1. The number of benzene rings is 2. The fraction of sp³-hybridized carbons (Fsp3) is 0.263. The zero-order chi connectivity index (χ0) is 16.5. The van der Waals surface area contributed by atoms with Crippen molar-refractivity contribution in [3.8, 4) is 5.75 Å². The third-order valence-electron chi connectivity index (χ3n) is 5.41. The largest absolute Gasteiger partial charge is 0.469 e. The summed E-state index contributed by atoms with van der Waals surface area (Å²) in [7, 11) is 1.40. The number of fused-ring (bicyclic) bond motifs is 4. The number of esters is 1. The van der Waals surface area contributed by atoms with Crippen LogP contribution in [0, 0.1) is 5.92 Å². The highest BCUT2D eigenvalue weighted by Gasteiger charge is 2.70. The molecule has 2 heterocycles. The van der Waals surface area contributed by atoms with E-state index in [2.05, 4.69) is 0 Å². The van der Waals surface area contributed by atoms with Gasteiger partial charge in [0.2, 0.25) is 0 Å². The van der Waals surface area contributed by atoms with Gasteiger partial charge in [-0.3, -0.25) is 14.5 Å². The normalized spacial score (nSPS) is 28.7. The third kappa shape index (κ3) is 1.40. The number of rotatable bonds is 1. The van der Waals surface area contributed by atoms with E-state index < -0.39 is 5.72 Å². The van der Waals surface area contributed by atoms with Crippen LogP contribution in [-0.2, 0) is 9.53 Å². The monoisotopic (exact) mass is 321 g/mol. The van der Waals surface area contributed by atoms with Gasteiger partial charge in [0.1, 0.15) is 5.75 Å². The Hall–Kier alpha value is -2.82. The Morgan fingerprint density at radius 2 is 1.96 bits per heavy atom. The summed E-state index contributed by atoms with van der Waals surface area (Å²) in [5.41, 5.74) is 1.46. The molecular formula is C19H15NO4. The minimum absolute atomic E-state index is 0.0740. The number of nitrogens with zero attached hydrogens (tertiary/aromatic N) is 1. The van der Waals surface area contributed by atoms with Crippen LogP contribution in [0.5, 0.6) is 5.75 Å². The third-order valence-corrected chi connectivity index (χ3v) is 5.41. The van der Waals surface area contributed by atoms with Gasteiger partial charge in [-0.15, -0.1) is 0 Å². The molecule has 5 heteroatoms. The molecule has 1 fully saturated rings. The van der Waals surface area contributed by atoms with Crippen molar-refractivity contribution in [3.63, 3.8) is 0 Å². The standard InChI is InChI=1S/C19H15NO4/c1-23-18(22)13-10-19-16(13)11-6-2-3-7-12(11)17(21)20(19)14-8-4-5-9-15(14)24-19/h2-9,13,16H,10H2,1H3/t13-,16+,19+/m1/s1. The maximum atomic E-state index is 13.1. The quantitative estimate of drug-likeness (QED) is 0.758. The predicted molar refractivity (Wildman–Crippen MR) is 85.9 cm³/mol. The maximum Gasteiger partial charge on any atom is 0.309 e. The summed E-state index contributed by atoms with van der Waals surface area (Å²) in [6.07, 6.45) is 0.444. The molecule has 5 rings (SSSR count). The number of carbonyl (C=O) groups is 2. The van der Waals surface area contributed by atoms with E-state index in [4.69, 9.17) is 9.47 Å². The number of ether oxygens (including phenoxy) is 2. The minimum atomic E-state index is -0.812. The molecule has 3 atom stereocenters. The topological polar surface area (TPSA) is 55.8 Å². The Kier molecular flexibility index (Phi) is 2.48. The number of para-hydroxylation sites is 2. The van der Waals surface area contributed by atoms with Crippen LogP contribution in [0.2, 0.25) is 0 Å². The fourth-order valence-electron chi connectivity index (χ4n) is 4.41. The first-order chi connectivity index (χ1) is 11.7. The lowest BCUT2D eigenvalue weighted by atomic mass is 9.59. The molecule has 5 nitrogen and oxygen atoms in total. The number of hydrogen-bond donors (Lipinski definition) is 0. The van der Waals surface area contributed by atoms with Crippen molar-refractivity contribution in [2.75, 3.05) is 12.0 Å². The second-order valence-electron chi connectivity index (χ2n) is 6.45. The lowest BCUT2D eigenvalue weighted by Gasteiger charge is -2.56. The van der Waals surface area contributed by atoms with Crippen molar-refractivity contribution in [1.82, 2.24) is 0 Å². The first-order valence-corrected chi connectivity index (χ1v) is 7.97. The summed E-state index contributed by atoms with van der Waals surface area (Å²) in [5, 5.41) is 0. The lowest BCUT2D eigenvalue weighted by Crippen LogP contribution is -2.69. The molecule has 0 radical (unpaired) electrons. The van der Waals surface area contributed by atoms with Gasteiger partial charge in [-0.05, 0) is 23.8 Å². The first kappa shape index (κ1) is 13.6. The molecule has 24 heavy (non-hydrogen) atoms. The van der Waals surface area contributed by atoms with E-state index in [-0.39, 0.29) is 23.7 Å². The van der Waals surface area contributed by atoms with Crippen molar-refractivity contribution >= 4 is 17.6 Å². The number of hydrogen-bond acceptors (Lipinski definition) is 4. The molecule has 3 aliphatic rings. The molecule has 1 aliphatic carbocycles. The van der Waals surface area contributed by atoms with Crippen LogP contribution < -0.4 is 9.64 Å². The SMILES string of the molecule is COC(=O)[C@@H]1C[C@@]23Oc4ccccc4N2C(=O)c2ccccc2[C@@H]13. The smallest absolute Gasteiger partial charge is 0.309 e. The van der Waals surface area contributed by atoms with Crippen molar-refractivity contribution < 1.29 is 19.1 Å². The van der Waals surface area contributed by atoms with Gasteiger partial charge in [-0.1, -0.05) is 30.3 Å². The second-order valence-corrected chi connectivity index (χ2v) is 6.45. The summed E-state index contributed by atoms with van der Waals surface area (Å²) in [5.74, 6) is -0.163. The molecular weight excluding hydrogens is 306 g/mol. The molecule has 0 aromatic heterocycles. The average Bonchev–Trinajstić information content (AvgIpc) is 2.95. The average molecular weight is 321 g/mol. The number of methoxy groups -OCH3 is 1. The summed E-state index contributed by atoms with van der Waals surface area (Å²) in [6, 6.07) is 15.0. The molecule has 120 valence electrons. The second kappa shape index (κ2) is 4.38. The Labute approximate surface area is 138 Å². The van der Waals surface area contributed by atoms with Gasteiger partial charge >= 0.3 is 5.97 Å². The Morgan fingerprint density at radius 3 is 2.79 bits per heavy atom. The summed E-state index contributed by atoms with van der Waals surface area (Å²) in [6.45, 7) is 0. The van der Waals surface area contributed by atoms with Gasteiger partial charge in [0.15, 0.2) is 5.72 Å². The fourth-order valence-corrected chi connectivity index (χ4v) is 4.41. The molecule has 0 unspecified atom stereocenters. The van der Waals surface area contributed by atoms with Crippen LogP contribution in [0.4, 0.5) is 5.69 Å². The van der Waals surface area contributed by atoms with Crippen LogP contribution in [0.25, 0.3) is 0 Å². The van der Waals surface area contributed by atoms with E-state index in [0.29, 0.717) is 17.7 Å². The molecule has 1 spiro atoms. The van der Waals surface area contributed by atoms with E-state index in [9.17, 15) is 9.59 Å². The van der Waals surface area contributed by atoms with Crippen LogP contribution in [0.1, 0.15) is 28.3 Å². The van der Waals surface area contributed by atoms with E-state index >= 15 is 0 Å². The van der Waals surface area contributed by atoms with Gasteiger partial charge in [0, 0.05) is 12.0 Å². The Bertz CT molecular complexity index is 892. The van der Waals surface area contributed by atoms with E-state index in [0.717, 1.165) is 11.3 Å². The van der Waals surface area contributed by atoms with Gasteiger partial charge in [-0.25, -0.2) is 0 Å².